The van der Waals surface area contributed by atoms with Crippen molar-refractivity contribution in [3.8, 4) is 33.4 Å². The van der Waals surface area contributed by atoms with Gasteiger partial charge in [0.1, 0.15) is 0 Å². The van der Waals surface area contributed by atoms with E-state index in [2.05, 4.69) is 203 Å². The van der Waals surface area contributed by atoms with Crippen molar-refractivity contribution < 1.29 is 0 Å². The molecule has 0 saturated heterocycles. The molecule has 0 amide bonds. The maximum Gasteiger partial charge on any atom is 0.0468 e. The van der Waals surface area contributed by atoms with E-state index in [4.69, 9.17) is 0 Å². The van der Waals surface area contributed by atoms with Crippen LogP contribution in [0.4, 0.5) is 17.1 Å². The number of anilines is 3. The van der Waals surface area contributed by atoms with Gasteiger partial charge in [-0.2, -0.15) is 0 Å². The minimum atomic E-state index is 1.09. The van der Waals surface area contributed by atoms with E-state index < -0.39 is 0 Å². The van der Waals surface area contributed by atoms with Crippen LogP contribution in [0.25, 0.3) is 87.2 Å². The first-order chi connectivity index (χ1) is 28.2. The fraction of sp³-hybridized carbons (Fsp3) is 0. The fourth-order valence-electron chi connectivity index (χ4n) is 8.52. The lowest BCUT2D eigenvalue weighted by molar-refractivity contribution is 1.29. The lowest BCUT2D eigenvalue weighted by atomic mass is 9.96. The van der Waals surface area contributed by atoms with Crippen molar-refractivity contribution in [3.05, 3.63) is 213 Å². The predicted molar refractivity (Wildman–Crippen MR) is 241 cm³/mol. The average Bonchev–Trinajstić information content (AvgIpc) is 3.29. The van der Waals surface area contributed by atoms with E-state index >= 15 is 0 Å². The molecule has 0 bridgehead atoms. The Morgan fingerprint density at radius 1 is 0.281 bits per heavy atom. The van der Waals surface area contributed by atoms with Gasteiger partial charge in [-0.25, -0.2) is 0 Å². The van der Waals surface area contributed by atoms with Crippen molar-refractivity contribution in [2.24, 2.45) is 0 Å². The number of nitrogens with zero attached hydrogens (tertiary/aromatic N) is 3. The monoisotopic (exact) mass is 725 g/mol. The second-order valence-corrected chi connectivity index (χ2v) is 14.7. The molecular weight excluding hydrogens is 691 g/mol. The molecule has 9 aromatic carbocycles. The molecule has 0 N–H and O–H groups in total. The molecule has 57 heavy (non-hydrogen) atoms. The van der Waals surface area contributed by atoms with Gasteiger partial charge in [-0.1, -0.05) is 127 Å². The van der Waals surface area contributed by atoms with Crippen LogP contribution in [0.2, 0.25) is 0 Å². The molecule has 0 atom stereocenters. The van der Waals surface area contributed by atoms with Crippen LogP contribution >= 0.6 is 0 Å². The summed E-state index contributed by atoms with van der Waals surface area (Å²) < 4.78 is 0. The Bertz CT molecular complexity index is 3160. The number of pyridine rings is 2. The van der Waals surface area contributed by atoms with E-state index in [9.17, 15) is 0 Å². The lowest BCUT2D eigenvalue weighted by Gasteiger charge is -2.26. The Morgan fingerprint density at radius 2 is 0.737 bits per heavy atom. The third-order valence-electron chi connectivity index (χ3n) is 11.4. The molecule has 0 aliphatic rings. The normalized spacial score (nSPS) is 11.5. The Balaban J connectivity index is 1.00. The van der Waals surface area contributed by atoms with Crippen molar-refractivity contribution in [2.45, 2.75) is 0 Å². The summed E-state index contributed by atoms with van der Waals surface area (Å²) in [6, 6.07) is 68.4. The van der Waals surface area contributed by atoms with Crippen LogP contribution in [0.3, 0.4) is 0 Å². The van der Waals surface area contributed by atoms with Crippen molar-refractivity contribution in [2.75, 3.05) is 4.90 Å². The van der Waals surface area contributed by atoms with Gasteiger partial charge in [0.2, 0.25) is 0 Å². The molecule has 0 saturated carbocycles. The van der Waals surface area contributed by atoms with Gasteiger partial charge < -0.3 is 4.90 Å². The zero-order valence-electron chi connectivity index (χ0n) is 31.0. The highest BCUT2D eigenvalue weighted by Gasteiger charge is 2.16. The van der Waals surface area contributed by atoms with Gasteiger partial charge in [0.25, 0.3) is 0 Å². The minimum Gasteiger partial charge on any atom is -0.310 e. The highest BCUT2D eigenvalue weighted by molar-refractivity contribution is 6.10. The molecule has 0 fully saturated rings. The molecule has 11 aromatic rings. The number of hydrogen-bond donors (Lipinski definition) is 0. The Kier molecular flexibility index (Phi) is 7.82. The predicted octanol–water partition coefficient (Wildman–Crippen LogP) is 14.7. The maximum absolute atomic E-state index is 4.35. The van der Waals surface area contributed by atoms with E-state index in [1.54, 1.807) is 0 Å². The van der Waals surface area contributed by atoms with Crippen LogP contribution in [0.1, 0.15) is 0 Å². The van der Waals surface area contributed by atoms with Crippen LogP contribution in [-0.4, -0.2) is 9.97 Å². The number of rotatable bonds is 6. The quantitative estimate of drug-likeness (QED) is 0.160. The number of hydrogen-bond acceptors (Lipinski definition) is 3. The summed E-state index contributed by atoms with van der Waals surface area (Å²) in [6.07, 6.45) is 7.60. The van der Waals surface area contributed by atoms with Gasteiger partial charge in [0.15, 0.2) is 0 Å². The maximum atomic E-state index is 4.35. The van der Waals surface area contributed by atoms with Crippen LogP contribution in [0.15, 0.2) is 213 Å². The Morgan fingerprint density at radius 3 is 1.35 bits per heavy atom. The zero-order valence-corrected chi connectivity index (χ0v) is 31.0. The largest absolute Gasteiger partial charge is 0.310 e. The summed E-state index contributed by atoms with van der Waals surface area (Å²) in [5, 5.41) is 12.1. The fourth-order valence-corrected chi connectivity index (χ4v) is 8.52. The molecule has 266 valence electrons. The summed E-state index contributed by atoms with van der Waals surface area (Å²) in [7, 11) is 0. The van der Waals surface area contributed by atoms with Crippen molar-refractivity contribution in [1.29, 1.82) is 0 Å². The summed E-state index contributed by atoms with van der Waals surface area (Å²) in [5.41, 5.74) is 10.5. The molecule has 0 radical (unpaired) electrons. The van der Waals surface area contributed by atoms with E-state index in [0.717, 1.165) is 27.8 Å². The zero-order chi connectivity index (χ0) is 37.7. The summed E-state index contributed by atoms with van der Waals surface area (Å²) in [4.78, 5) is 11.1. The first kappa shape index (κ1) is 32.8. The first-order valence-corrected chi connectivity index (χ1v) is 19.4. The molecule has 2 heterocycles. The smallest absolute Gasteiger partial charge is 0.0468 e. The lowest BCUT2D eigenvalue weighted by Crippen LogP contribution is -2.09. The van der Waals surface area contributed by atoms with Crippen molar-refractivity contribution in [3.63, 3.8) is 0 Å². The molecule has 0 unspecified atom stereocenters. The van der Waals surface area contributed by atoms with Crippen molar-refractivity contribution >= 4 is 70.9 Å². The molecule has 11 rings (SSSR count). The van der Waals surface area contributed by atoms with E-state index in [0.29, 0.717) is 0 Å². The van der Waals surface area contributed by atoms with E-state index in [-0.39, 0.29) is 0 Å². The van der Waals surface area contributed by atoms with Crippen LogP contribution in [0, 0.1) is 0 Å². The highest BCUT2D eigenvalue weighted by atomic mass is 15.1. The molecule has 0 aliphatic heterocycles. The van der Waals surface area contributed by atoms with E-state index in [1.165, 1.54) is 76.5 Å². The standard InChI is InChI=1S/C54H35N3/c1-2-6-39-31-40(12-11-36(39)5-1)41-19-25-51-42(32-41)13-14-43-33-48(24-26-52(43)51)57(46-20-15-37(16-21-46)49-9-3-7-44-34-55-29-27-53(44)49)47-22-17-38(18-23-47)50-10-4-8-45-35-56-30-28-54(45)50/h1-35H. The summed E-state index contributed by atoms with van der Waals surface area (Å²) in [5.74, 6) is 0. The van der Waals surface area contributed by atoms with Crippen LogP contribution < -0.4 is 4.90 Å². The molecule has 0 spiro atoms. The number of aromatic nitrogens is 2. The average molecular weight is 726 g/mol. The topological polar surface area (TPSA) is 29.0 Å². The molecule has 3 nitrogen and oxygen atoms in total. The van der Waals surface area contributed by atoms with Gasteiger partial charge in [0.05, 0.1) is 0 Å². The van der Waals surface area contributed by atoms with Crippen LogP contribution in [0.5, 0.6) is 0 Å². The Hall–Kier alpha value is -7.62. The molecule has 0 aliphatic carbocycles. The number of benzene rings is 9. The third kappa shape index (κ3) is 5.85. The molecule has 2 aromatic heterocycles. The second kappa shape index (κ2) is 13.6. The van der Waals surface area contributed by atoms with Gasteiger partial charge in [-0.05, 0) is 137 Å². The van der Waals surface area contributed by atoms with Crippen LogP contribution in [-0.2, 0) is 0 Å². The van der Waals surface area contributed by atoms with Gasteiger partial charge in [-0.3, -0.25) is 9.97 Å². The van der Waals surface area contributed by atoms with Gasteiger partial charge >= 0.3 is 0 Å². The first-order valence-electron chi connectivity index (χ1n) is 19.4. The SMILES string of the molecule is c1ccc2cc(-c3ccc4c(ccc5cc(N(c6ccc(-c7cccc8cnccc78)cc6)c6ccc(-c7cccc8cnccc78)cc6)ccc54)c3)ccc2c1. The van der Waals surface area contributed by atoms with Gasteiger partial charge in [0, 0.05) is 52.6 Å². The molecular formula is C54H35N3. The van der Waals surface area contributed by atoms with Gasteiger partial charge in [-0.15, -0.1) is 0 Å². The van der Waals surface area contributed by atoms with E-state index in [1.807, 2.05) is 24.8 Å². The number of fused-ring (bicyclic) bond motifs is 6. The van der Waals surface area contributed by atoms with Crippen molar-refractivity contribution in [1.82, 2.24) is 9.97 Å². The minimum absolute atomic E-state index is 1.09. The third-order valence-corrected chi connectivity index (χ3v) is 11.4. The highest BCUT2D eigenvalue weighted by Crippen LogP contribution is 2.41. The summed E-state index contributed by atoms with van der Waals surface area (Å²) in [6.45, 7) is 0. The molecule has 3 heteroatoms. The summed E-state index contributed by atoms with van der Waals surface area (Å²) >= 11 is 0. The Labute approximate surface area is 330 Å². The second-order valence-electron chi connectivity index (χ2n) is 14.7.